The highest BCUT2D eigenvalue weighted by Crippen LogP contribution is 2.21. The highest BCUT2D eigenvalue weighted by atomic mass is 32.2. The minimum Gasteiger partial charge on any atom is -0.368 e. The Hall–Kier alpha value is -2.48. The van der Waals surface area contributed by atoms with E-state index in [0.717, 1.165) is 17.8 Å². The number of hydrogen-bond donors (Lipinski definition) is 0. The van der Waals surface area contributed by atoms with Gasteiger partial charge in [0, 0.05) is 31.9 Å². The maximum atomic E-state index is 13.0. The molecular weight excluding hydrogens is 374 g/mol. The Morgan fingerprint density at radius 2 is 1.37 bits per heavy atom. The summed E-state index contributed by atoms with van der Waals surface area (Å²) in [6, 6.07) is 10.6. The van der Waals surface area contributed by atoms with Crippen LogP contribution >= 0.6 is 0 Å². The zero-order chi connectivity index (χ0) is 19.6. The topological polar surface area (TPSA) is 57.7 Å². The number of carbonyl (C=O) groups is 1. The van der Waals surface area contributed by atoms with Gasteiger partial charge in [-0.15, -0.1) is 0 Å². The largest absolute Gasteiger partial charge is 0.368 e. The summed E-state index contributed by atoms with van der Waals surface area (Å²) in [7, 11) is -3.89. The van der Waals surface area contributed by atoms with Gasteiger partial charge < -0.3 is 9.80 Å². The van der Waals surface area contributed by atoms with Gasteiger partial charge in [-0.05, 0) is 55.5 Å². The third-order valence-electron chi connectivity index (χ3n) is 4.74. The van der Waals surface area contributed by atoms with Crippen LogP contribution in [-0.2, 0) is 14.6 Å². The van der Waals surface area contributed by atoms with Crippen LogP contribution < -0.4 is 4.90 Å². The lowest BCUT2D eigenvalue weighted by Crippen LogP contribution is -2.52. The molecule has 8 heteroatoms. The van der Waals surface area contributed by atoms with E-state index < -0.39 is 26.8 Å². The fourth-order valence-corrected chi connectivity index (χ4v) is 4.39. The molecule has 1 heterocycles. The van der Waals surface area contributed by atoms with Crippen molar-refractivity contribution in [1.29, 1.82) is 0 Å². The number of rotatable bonds is 4. The summed E-state index contributed by atoms with van der Waals surface area (Å²) >= 11 is 0. The number of sulfone groups is 1. The van der Waals surface area contributed by atoms with E-state index >= 15 is 0 Å². The Labute approximate surface area is 157 Å². The van der Waals surface area contributed by atoms with Gasteiger partial charge in [-0.3, -0.25) is 4.79 Å². The summed E-state index contributed by atoms with van der Waals surface area (Å²) in [4.78, 5) is 16.1. The van der Waals surface area contributed by atoms with Crippen LogP contribution in [0, 0.1) is 11.6 Å². The minimum absolute atomic E-state index is 0.0744. The van der Waals surface area contributed by atoms with E-state index in [1.807, 2.05) is 4.90 Å². The molecule has 0 saturated carbocycles. The number of benzene rings is 2. The lowest BCUT2D eigenvalue weighted by molar-refractivity contribution is -0.130. The SMILES string of the molecule is CC(C(=O)N1CCN(c2ccc(F)cc2)CC1)S(=O)(=O)c1ccc(F)cc1. The zero-order valence-corrected chi connectivity index (χ0v) is 15.6. The van der Waals surface area contributed by atoms with Crippen LogP contribution in [0.3, 0.4) is 0 Å². The molecule has 1 aliphatic rings. The molecule has 1 aliphatic heterocycles. The number of nitrogens with zero attached hydrogens (tertiary/aromatic N) is 2. The molecule has 0 spiro atoms. The normalized spacial score (nSPS) is 16.3. The number of halogens is 2. The summed E-state index contributed by atoms with van der Waals surface area (Å²) in [5, 5.41) is -1.25. The second-order valence-electron chi connectivity index (χ2n) is 6.43. The van der Waals surface area contributed by atoms with E-state index in [2.05, 4.69) is 0 Å². The van der Waals surface area contributed by atoms with Crippen LogP contribution in [0.15, 0.2) is 53.4 Å². The van der Waals surface area contributed by atoms with Gasteiger partial charge in [0.1, 0.15) is 16.9 Å². The van der Waals surface area contributed by atoms with Gasteiger partial charge in [-0.1, -0.05) is 0 Å². The van der Waals surface area contributed by atoms with E-state index in [1.54, 1.807) is 12.1 Å². The molecule has 1 amide bonds. The van der Waals surface area contributed by atoms with E-state index in [0.29, 0.717) is 26.2 Å². The first-order valence-electron chi connectivity index (χ1n) is 8.58. The molecule has 0 aliphatic carbocycles. The molecule has 0 N–H and O–H groups in total. The fraction of sp³-hybridized carbons (Fsp3) is 0.316. The van der Waals surface area contributed by atoms with Crippen LogP contribution in [0.4, 0.5) is 14.5 Å². The lowest BCUT2D eigenvalue weighted by atomic mass is 10.2. The van der Waals surface area contributed by atoms with Crippen molar-refractivity contribution in [2.75, 3.05) is 31.1 Å². The standard InChI is InChI=1S/C19H20F2N2O3S/c1-14(27(25,26)18-8-4-16(21)5-9-18)19(24)23-12-10-22(11-13-23)17-6-2-15(20)3-7-17/h2-9,14H,10-13H2,1H3. The molecule has 27 heavy (non-hydrogen) atoms. The monoisotopic (exact) mass is 394 g/mol. The summed E-state index contributed by atoms with van der Waals surface area (Å²) in [5.74, 6) is -1.32. The van der Waals surface area contributed by atoms with Crippen LogP contribution in [0.5, 0.6) is 0 Å². The first-order valence-corrected chi connectivity index (χ1v) is 10.1. The maximum absolute atomic E-state index is 13.0. The smallest absolute Gasteiger partial charge is 0.241 e. The lowest BCUT2D eigenvalue weighted by Gasteiger charge is -2.37. The Kier molecular flexibility index (Phi) is 5.46. The number of carbonyl (C=O) groups excluding carboxylic acids is 1. The number of amides is 1. The summed E-state index contributed by atoms with van der Waals surface area (Å²) in [6.07, 6.45) is 0. The molecule has 2 aromatic carbocycles. The predicted octanol–water partition coefficient (Wildman–Crippen LogP) is 2.48. The van der Waals surface area contributed by atoms with Crippen molar-refractivity contribution in [3.8, 4) is 0 Å². The van der Waals surface area contributed by atoms with Gasteiger partial charge in [0.15, 0.2) is 9.84 Å². The molecule has 1 fully saturated rings. The minimum atomic E-state index is -3.89. The second-order valence-corrected chi connectivity index (χ2v) is 8.70. The first kappa shape index (κ1) is 19.3. The molecule has 3 rings (SSSR count). The maximum Gasteiger partial charge on any atom is 0.241 e. The Balaban J connectivity index is 1.66. The quantitative estimate of drug-likeness (QED) is 0.748. The Morgan fingerprint density at radius 3 is 1.89 bits per heavy atom. The zero-order valence-electron chi connectivity index (χ0n) is 14.8. The van der Waals surface area contributed by atoms with Gasteiger partial charge >= 0.3 is 0 Å². The molecule has 1 saturated heterocycles. The van der Waals surface area contributed by atoms with Gasteiger partial charge in [0.2, 0.25) is 5.91 Å². The van der Waals surface area contributed by atoms with Crippen LogP contribution in [-0.4, -0.2) is 50.7 Å². The van der Waals surface area contributed by atoms with Crippen LogP contribution in [0.1, 0.15) is 6.92 Å². The van der Waals surface area contributed by atoms with Crippen molar-refractivity contribution in [3.63, 3.8) is 0 Å². The second kappa shape index (κ2) is 7.64. The summed E-state index contributed by atoms with van der Waals surface area (Å²) in [5.41, 5.74) is 0.857. The van der Waals surface area contributed by atoms with Crippen molar-refractivity contribution in [2.45, 2.75) is 17.1 Å². The molecule has 0 radical (unpaired) electrons. The van der Waals surface area contributed by atoms with Crippen LogP contribution in [0.25, 0.3) is 0 Å². The molecule has 0 aromatic heterocycles. The highest BCUT2D eigenvalue weighted by molar-refractivity contribution is 7.92. The Bertz CT molecular complexity index is 907. The molecule has 144 valence electrons. The van der Waals surface area contributed by atoms with Gasteiger partial charge in [0.25, 0.3) is 0 Å². The van der Waals surface area contributed by atoms with Gasteiger partial charge in [-0.2, -0.15) is 0 Å². The fourth-order valence-electron chi connectivity index (χ4n) is 3.06. The Morgan fingerprint density at radius 1 is 0.889 bits per heavy atom. The third-order valence-corrected chi connectivity index (χ3v) is 6.80. The number of hydrogen-bond acceptors (Lipinski definition) is 4. The van der Waals surface area contributed by atoms with E-state index in [9.17, 15) is 22.0 Å². The first-order chi connectivity index (χ1) is 12.8. The summed E-state index contributed by atoms with van der Waals surface area (Å²) < 4.78 is 51.3. The molecule has 0 bridgehead atoms. The van der Waals surface area contributed by atoms with E-state index in [4.69, 9.17) is 0 Å². The van der Waals surface area contributed by atoms with Gasteiger partial charge in [-0.25, -0.2) is 17.2 Å². The van der Waals surface area contributed by atoms with Crippen molar-refractivity contribution >= 4 is 21.4 Å². The van der Waals surface area contributed by atoms with Crippen molar-refractivity contribution in [1.82, 2.24) is 4.90 Å². The number of piperazine rings is 1. The summed E-state index contributed by atoms with van der Waals surface area (Å²) in [6.45, 7) is 3.16. The average Bonchev–Trinajstić information content (AvgIpc) is 2.68. The molecule has 1 unspecified atom stereocenters. The van der Waals surface area contributed by atoms with Crippen molar-refractivity contribution in [3.05, 3.63) is 60.2 Å². The van der Waals surface area contributed by atoms with Gasteiger partial charge in [0.05, 0.1) is 4.90 Å². The molecule has 1 atom stereocenters. The molecule has 5 nitrogen and oxygen atoms in total. The van der Waals surface area contributed by atoms with Crippen molar-refractivity contribution < 1.29 is 22.0 Å². The van der Waals surface area contributed by atoms with E-state index in [1.165, 1.54) is 36.1 Å². The highest BCUT2D eigenvalue weighted by Gasteiger charge is 2.34. The average molecular weight is 394 g/mol. The molecule has 2 aromatic rings. The number of anilines is 1. The van der Waals surface area contributed by atoms with Crippen LogP contribution in [0.2, 0.25) is 0 Å². The third kappa shape index (κ3) is 4.10. The predicted molar refractivity (Wildman–Crippen MR) is 98.2 cm³/mol. The van der Waals surface area contributed by atoms with E-state index in [-0.39, 0.29) is 10.7 Å². The molecular formula is C19H20F2N2O3S. The van der Waals surface area contributed by atoms with Crippen molar-refractivity contribution in [2.24, 2.45) is 0 Å².